The molecule has 3 N–H and O–H groups in total. The van der Waals surface area contributed by atoms with Crippen LogP contribution in [0.15, 0.2) is 36.4 Å². The van der Waals surface area contributed by atoms with Crippen molar-refractivity contribution in [2.45, 2.75) is 26.8 Å². The van der Waals surface area contributed by atoms with Gasteiger partial charge in [-0.2, -0.15) is 0 Å². The van der Waals surface area contributed by atoms with E-state index >= 15 is 0 Å². The maximum Gasteiger partial charge on any atom is 0.323 e. The molecule has 1 heterocycles. The Hall–Kier alpha value is -2.53. The van der Waals surface area contributed by atoms with Gasteiger partial charge in [0.25, 0.3) is 0 Å². The third-order valence-corrected chi connectivity index (χ3v) is 4.12. The minimum Gasteiger partial charge on any atom is -0.494 e. The number of rotatable bonds is 4. The number of fused-ring (bicyclic) bond motifs is 1. The number of aryl methyl sites for hydroxylation is 1. The molecule has 0 radical (unpaired) electrons. The summed E-state index contributed by atoms with van der Waals surface area (Å²) in [6, 6.07) is 11.5. The third-order valence-electron chi connectivity index (χ3n) is 4.12. The average molecular weight is 325 g/mol. The zero-order valence-corrected chi connectivity index (χ0v) is 14.1. The van der Waals surface area contributed by atoms with Crippen LogP contribution < -0.4 is 20.7 Å². The number of urea groups is 1. The Bertz CT molecular complexity index is 743. The first-order valence-corrected chi connectivity index (χ1v) is 8.29. The summed E-state index contributed by atoms with van der Waals surface area (Å²) >= 11 is 0. The van der Waals surface area contributed by atoms with Crippen molar-refractivity contribution < 1.29 is 9.53 Å². The van der Waals surface area contributed by atoms with Gasteiger partial charge in [-0.05, 0) is 61.7 Å². The second-order valence-electron chi connectivity index (χ2n) is 5.90. The number of hydrogen-bond donors (Lipinski definition) is 3. The summed E-state index contributed by atoms with van der Waals surface area (Å²) in [7, 11) is 0. The van der Waals surface area contributed by atoms with Gasteiger partial charge in [-0.25, -0.2) is 4.79 Å². The van der Waals surface area contributed by atoms with Gasteiger partial charge in [0.2, 0.25) is 0 Å². The maximum absolute atomic E-state index is 12.3. The molecule has 126 valence electrons. The Morgan fingerprint density at radius 2 is 2.04 bits per heavy atom. The molecule has 24 heavy (non-hydrogen) atoms. The first-order chi connectivity index (χ1) is 11.7. The molecule has 0 saturated heterocycles. The number of ether oxygens (including phenoxy) is 1. The molecule has 0 bridgehead atoms. The predicted molar refractivity (Wildman–Crippen MR) is 96.8 cm³/mol. The van der Waals surface area contributed by atoms with E-state index in [9.17, 15) is 4.79 Å². The Morgan fingerprint density at radius 1 is 1.17 bits per heavy atom. The molecule has 2 aromatic carbocycles. The lowest BCUT2D eigenvalue weighted by atomic mass is 10.0. The molecule has 2 amide bonds. The van der Waals surface area contributed by atoms with E-state index in [2.05, 4.69) is 28.1 Å². The molecular weight excluding hydrogens is 302 g/mol. The predicted octanol–water partition coefficient (Wildman–Crippen LogP) is 3.68. The van der Waals surface area contributed by atoms with E-state index < -0.39 is 0 Å². The van der Waals surface area contributed by atoms with Crippen molar-refractivity contribution in [3.8, 4) is 5.75 Å². The summed E-state index contributed by atoms with van der Waals surface area (Å²) in [5.74, 6) is 0.750. The molecule has 3 rings (SSSR count). The molecule has 5 heteroatoms. The van der Waals surface area contributed by atoms with E-state index in [-0.39, 0.29) is 6.03 Å². The van der Waals surface area contributed by atoms with Crippen LogP contribution in [0.5, 0.6) is 5.75 Å². The molecule has 0 spiro atoms. The second-order valence-corrected chi connectivity index (χ2v) is 5.90. The van der Waals surface area contributed by atoms with Gasteiger partial charge in [0.15, 0.2) is 0 Å². The highest BCUT2D eigenvalue weighted by Crippen LogP contribution is 2.23. The zero-order chi connectivity index (χ0) is 16.9. The molecule has 0 aliphatic carbocycles. The summed E-state index contributed by atoms with van der Waals surface area (Å²) in [5, 5.41) is 9.15. The van der Waals surface area contributed by atoms with Crippen LogP contribution in [0.2, 0.25) is 0 Å². The van der Waals surface area contributed by atoms with Crippen LogP contribution in [0.1, 0.15) is 23.6 Å². The first-order valence-electron chi connectivity index (χ1n) is 8.29. The second kappa shape index (κ2) is 7.36. The Balaban J connectivity index is 1.68. The number of nitrogens with one attached hydrogen (secondary N) is 3. The maximum atomic E-state index is 12.3. The largest absolute Gasteiger partial charge is 0.494 e. The molecule has 1 aliphatic heterocycles. The summed E-state index contributed by atoms with van der Waals surface area (Å²) in [4.78, 5) is 12.3. The molecule has 0 saturated carbocycles. The van der Waals surface area contributed by atoms with Crippen molar-refractivity contribution >= 4 is 17.4 Å². The van der Waals surface area contributed by atoms with Crippen molar-refractivity contribution in [3.05, 3.63) is 53.1 Å². The zero-order valence-electron chi connectivity index (χ0n) is 14.1. The lowest BCUT2D eigenvalue weighted by Gasteiger charge is -2.18. The normalized spacial score (nSPS) is 13.1. The molecule has 5 nitrogen and oxygen atoms in total. The number of benzene rings is 2. The van der Waals surface area contributed by atoms with Crippen molar-refractivity contribution in [2.75, 3.05) is 23.8 Å². The van der Waals surface area contributed by atoms with Crippen molar-refractivity contribution in [2.24, 2.45) is 0 Å². The fourth-order valence-electron chi connectivity index (χ4n) is 2.83. The van der Waals surface area contributed by atoms with Gasteiger partial charge >= 0.3 is 6.03 Å². The van der Waals surface area contributed by atoms with Crippen molar-refractivity contribution in [1.82, 2.24) is 5.32 Å². The fraction of sp³-hybridized carbons (Fsp3) is 0.316. The Kier molecular flexibility index (Phi) is 5.01. The highest BCUT2D eigenvalue weighted by Gasteiger charge is 2.11. The molecule has 0 aromatic heterocycles. The molecule has 2 aromatic rings. The monoisotopic (exact) mass is 325 g/mol. The summed E-state index contributed by atoms with van der Waals surface area (Å²) in [6.45, 7) is 6.36. The van der Waals surface area contributed by atoms with E-state index in [1.807, 2.05) is 38.1 Å². The molecule has 1 aliphatic rings. The van der Waals surface area contributed by atoms with E-state index in [0.717, 1.165) is 42.2 Å². The summed E-state index contributed by atoms with van der Waals surface area (Å²) in [5.41, 5.74) is 5.14. The fourth-order valence-corrected chi connectivity index (χ4v) is 2.83. The van der Waals surface area contributed by atoms with Crippen LogP contribution in [-0.4, -0.2) is 19.2 Å². The van der Waals surface area contributed by atoms with Gasteiger partial charge in [-0.1, -0.05) is 12.1 Å². The van der Waals surface area contributed by atoms with Crippen LogP contribution in [0.3, 0.4) is 0 Å². The SMILES string of the molecule is CCOc1ccc(C)c(NC(=O)Nc2ccc3c(c2)CCNC3)c1. The lowest BCUT2D eigenvalue weighted by molar-refractivity contribution is 0.262. The number of anilines is 2. The van der Waals surface area contributed by atoms with E-state index in [4.69, 9.17) is 4.74 Å². The number of amides is 2. The Morgan fingerprint density at radius 3 is 2.88 bits per heavy atom. The summed E-state index contributed by atoms with van der Waals surface area (Å²) in [6.07, 6.45) is 0.988. The number of hydrogen-bond acceptors (Lipinski definition) is 3. The minimum atomic E-state index is -0.249. The Labute approximate surface area is 142 Å². The number of carbonyl (C=O) groups excluding carboxylic acids is 1. The summed E-state index contributed by atoms with van der Waals surface area (Å²) < 4.78 is 5.49. The minimum absolute atomic E-state index is 0.249. The standard InChI is InChI=1S/C19H23N3O2/c1-3-24-17-7-4-13(2)18(11-17)22-19(23)21-16-6-5-15-12-20-9-8-14(15)10-16/h4-7,10-11,20H,3,8-9,12H2,1-2H3,(H2,21,22,23). The number of carbonyl (C=O) groups is 1. The van der Waals surface area contributed by atoms with Crippen LogP contribution in [0.4, 0.5) is 16.2 Å². The topological polar surface area (TPSA) is 62.4 Å². The van der Waals surface area contributed by atoms with E-state index in [1.165, 1.54) is 11.1 Å². The first kappa shape index (κ1) is 16.3. The molecule has 0 fully saturated rings. The molecular formula is C19H23N3O2. The van der Waals surface area contributed by atoms with E-state index in [0.29, 0.717) is 6.61 Å². The highest BCUT2D eigenvalue weighted by atomic mass is 16.5. The van der Waals surface area contributed by atoms with Crippen LogP contribution >= 0.6 is 0 Å². The molecule has 0 unspecified atom stereocenters. The van der Waals surface area contributed by atoms with Gasteiger partial charge in [0.1, 0.15) is 5.75 Å². The highest BCUT2D eigenvalue weighted by molar-refractivity contribution is 6.00. The van der Waals surface area contributed by atoms with Gasteiger partial charge in [0, 0.05) is 24.0 Å². The van der Waals surface area contributed by atoms with Gasteiger partial charge in [-0.15, -0.1) is 0 Å². The molecule has 0 atom stereocenters. The van der Waals surface area contributed by atoms with Crippen LogP contribution in [-0.2, 0) is 13.0 Å². The van der Waals surface area contributed by atoms with Gasteiger partial charge in [-0.3, -0.25) is 0 Å². The van der Waals surface area contributed by atoms with Crippen molar-refractivity contribution in [3.63, 3.8) is 0 Å². The van der Waals surface area contributed by atoms with Crippen LogP contribution in [0.25, 0.3) is 0 Å². The van der Waals surface area contributed by atoms with Crippen molar-refractivity contribution in [1.29, 1.82) is 0 Å². The lowest BCUT2D eigenvalue weighted by Crippen LogP contribution is -2.24. The smallest absolute Gasteiger partial charge is 0.323 e. The third kappa shape index (κ3) is 3.86. The average Bonchev–Trinajstić information content (AvgIpc) is 2.58. The van der Waals surface area contributed by atoms with Crippen LogP contribution in [0, 0.1) is 6.92 Å². The van der Waals surface area contributed by atoms with E-state index in [1.54, 1.807) is 0 Å². The van der Waals surface area contributed by atoms with Gasteiger partial charge < -0.3 is 20.7 Å². The van der Waals surface area contributed by atoms with Gasteiger partial charge in [0.05, 0.1) is 6.61 Å². The quantitative estimate of drug-likeness (QED) is 0.803.